The monoisotopic (exact) mass is 377 g/mol. The van der Waals surface area contributed by atoms with Gasteiger partial charge >= 0.3 is 5.69 Å². The van der Waals surface area contributed by atoms with Crippen LogP contribution in [0, 0.1) is 0 Å². The smallest absolute Gasteiger partial charge is 0.294 e. The molecule has 1 aliphatic rings. The third-order valence-corrected chi connectivity index (χ3v) is 5.55. The highest BCUT2D eigenvalue weighted by atomic mass is 16.2. The lowest BCUT2D eigenvalue weighted by atomic mass is 9.79. The average Bonchev–Trinajstić information content (AvgIpc) is 2.70. The van der Waals surface area contributed by atoms with Gasteiger partial charge in [-0.25, -0.2) is 9.78 Å². The molecule has 0 amide bonds. The topological polar surface area (TPSA) is 84.8 Å². The lowest BCUT2D eigenvalue weighted by molar-refractivity contribution is 0.0964. The number of unbranched alkanes of at least 4 members (excludes halogenated alkanes) is 2. The van der Waals surface area contributed by atoms with E-state index in [9.17, 15) is 14.4 Å². The molecule has 2 heterocycles. The maximum absolute atomic E-state index is 12.8. The number of nitrogens with zero attached hydrogens (tertiary/aromatic N) is 2. The van der Waals surface area contributed by atoms with Crippen LogP contribution in [0.4, 0.5) is 0 Å². The van der Waals surface area contributed by atoms with Gasteiger partial charge in [0.1, 0.15) is 5.65 Å². The summed E-state index contributed by atoms with van der Waals surface area (Å²) in [5, 5.41) is 0.377. The Bertz CT molecular complexity index is 1150. The second-order valence-corrected chi connectivity index (χ2v) is 7.41. The lowest BCUT2D eigenvalue weighted by Crippen LogP contribution is -2.33. The summed E-state index contributed by atoms with van der Waals surface area (Å²) < 4.78 is 1.53. The lowest BCUT2D eigenvalue weighted by Gasteiger charge is -2.25. The Balaban J connectivity index is 1.87. The third-order valence-electron chi connectivity index (χ3n) is 5.55. The van der Waals surface area contributed by atoms with Crippen LogP contribution < -0.4 is 11.2 Å². The number of aromatic amines is 1. The van der Waals surface area contributed by atoms with Crippen LogP contribution in [-0.4, -0.2) is 20.3 Å². The average molecular weight is 377 g/mol. The minimum Gasteiger partial charge on any atom is -0.294 e. The zero-order valence-electron chi connectivity index (χ0n) is 15.9. The molecule has 0 bridgehead atoms. The van der Waals surface area contributed by atoms with Gasteiger partial charge in [0.05, 0.1) is 5.39 Å². The van der Waals surface area contributed by atoms with Crippen LogP contribution in [-0.2, 0) is 13.0 Å². The molecule has 0 fully saturated rings. The highest BCUT2D eigenvalue weighted by molar-refractivity contribution is 6.02. The van der Waals surface area contributed by atoms with E-state index in [-0.39, 0.29) is 11.7 Å². The van der Waals surface area contributed by atoms with Gasteiger partial charge < -0.3 is 0 Å². The molecule has 6 nitrogen and oxygen atoms in total. The number of nitrogens with one attached hydrogen (secondary N) is 1. The fourth-order valence-corrected chi connectivity index (χ4v) is 4.10. The Morgan fingerprint density at radius 1 is 1.11 bits per heavy atom. The highest BCUT2D eigenvalue weighted by Gasteiger charge is 2.29. The van der Waals surface area contributed by atoms with E-state index < -0.39 is 11.2 Å². The summed E-state index contributed by atoms with van der Waals surface area (Å²) in [5.41, 5.74) is 1.77. The highest BCUT2D eigenvalue weighted by Crippen LogP contribution is 2.34. The molecule has 0 unspecified atom stereocenters. The Morgan fingerprint density at radius 3 is 2.64 bits per heavy atom. The minimum atomic E-state index is -0.461. The number of benzene rings is 1. The zero-order valence-corrected chi connectivity index (χ0v) is 15.9. The molecular formula is C22H23N3O3. The van der Waals surface area contributed by atoms with E-state index in [4.69, 9.17) is 0 Å². The number of hydrogen-bond donors (Lipinski definition) is 1. The minimum absolute atomic E-state index is 0.00682. The van der Waals surface area contributed by atoms with Gasteiger partial charge in [0.2, 0.25) is 0 Å². The van der Waals surface area contributed by atoms with E-state index >= 15 is 0 Å². The maximum atomic E-state index is 12.8. The summed E-state index contributed by atoms with van der Waals surface area (Å²) in [7, 11) is 0. The summed E-state index contributed by atoms with van der Waals surface area (Å²) in [5.74, 6) is 0.0132. The number of aromatic nitrogens is 3. The van der Waals surface area contributed by atoms with Crippen molar-refractivity contribution in [2.45, 2.75) is 51.5 Å². The van der Waals surface area contributed by atoms with Crippen LogP contribution in [0.2, 0.25) is 0 Å². The molecule has 1 aromatic carbocycles. The van der Waals surface area contributed by atoms with Crippen LogP contribution in [0.3, 0.4) is 0 Å². The van der Waals surface area contributed by atoms with Crippen molar-refractivity contribution in [2.24, 2.45) is 0 Å². The summed E-state index contributed by atoms with van der Waals surface area (Å²) in [6.07, 6.45) is 5.38. The molecule has 0 saturated heterocycles. The molecule has 144 valence electrons. The van der Waals surface area contributed by atoms with Crippen molar-refractivity contribution in [3.05, 3.63) is 74.1 Å². The van der Waals surface area contributed by atoms with Gasteiger partial charge in [0.15, 0.2) is 5.78 Å². The Kier molecular flexibility index (Phi) is 4.94. The van der Waals surface area contributed by atoms with E-state index in [0.717, 1.165) is 24.8 Å². The predicted molar refractivity (Wildman–Crippen MR) is 108 cm³/mol. The molecule has 1 aliphatic carbocycles. The molecule has 4 rings (SSSR count). The fourth-order valence-electron chi connectivity index (χ4n) is 4.10. The van der Waals surface area contributed by atoms with Crippen molar-refractivity contribution in [1.82, 2.24) is 14.5 Å². The number of rotatable bonds is 5. The van der Waals surface area contributed by atoms with Gasteiger partial charge in [-0.3, -0.25) is 19.1 Å². The molecule has 0 aliphatic heterocycles. The van der Waals surface area contributed by atoms with E-state index in [1.54, 1.807) is 0 Å². The van der Waals surface area contributed by atoms with E-state index in [0.29, 0.717) is 41.5 Å². The first-order valence-corrected chi connectivity index (χ1v) is 9.83. The zero-order chi connectivity index (χ0) is 19.7. The van der Waals surface area contributed by atoms with Crippen molar-refractivity contribution in [1.29, 1.82) is 0 Å². The molecule has 6 heteroatoms. The number of aryl methyl sites for hydroxylation is 1. The number of ketones is 1. The first kappa shape index (κ1) is 18.3. The normalized spacial score (nSPS) is 16.3. The van der Waals surface area contributed by atoms with Gasteiger partial charge in [-0.15, -0.1) is 0 Å². The van der Waals surface area contributed by atoms with E-state index in [1.165, 1.54) is 10.8 Å². The number of hydrogen-bond acceptors (Lipinski definition) is 4. The Labute approximate surface area is 162 Å². The van der Waals surface area contributed by atoms with Gasteiger partial charge in [-0.05, 0) is 29.9 Å². The van der Waals surface area contributed by atoms with Crippen LogP contribution >= 0.6 is 0 Å². The second kappa shape index (κ2) is 7.54. The number of carbonyl (C=O) groups is 1. The van der Waals surface area contributed by atoms with E-state index in [1.807, 2.05) is 30.3 Å². The number of pyridine rings is 1. The fraction of sp³-hybridized carbons (Fsp3) is 0.364. The number of fused-ring (bicyclic) bond motifs is 3. The summed E-state index contributed by atoms with van der Waals surface area (Å²) in [4.78, 5) is 44.6. The third kappa shape index (κ3) is 3.19. The summed E-state index contributed by atoms with van der Waals surface area (Å²) >= 11 is 0. The van der Waals surface area contributed by atoms with Crippen molar-refractivity contribution in [3.8, 4) is 0 Å². The van der Waals surface area contributed by atoms with Gasteiger partial charge in [-0.1, -0.05) is 50.1 Å². The van der Waals surface area contributed by atoms with Crippen LogP contribution in [0.15, 0.2) is 46.1 Å². The largest absolute Gasteiger partial charge is 0.329 e. The summed E-state index contributed by atoms with van der Waals surface area (Å²) in [6, 6.07) is 9.88. The molecular weight excluding hydrogens is 354 g/mol. The van der Waals surface area contributed by atoms with Gasteiger partial charge in [0.25, 0.3) is 5.56 Å². The second-order valence-electron chi connectivity index (χ2n) is 7.41. The van der Waals surface area contributed by atoms with Crippen molar-refractivity contribution < 1.29 is 4.79 Å². The predicted octanol–water partition coefficient (Wildman–Crippen LogP) is 3.19. The quantitative estimate of drug-likeness (QED) is 0.692. The molecule has 1 N–H and O–H groups in total. The molecule has 0 radical (unpaired) electrons. The van der Waals surface area contributed by atoms with Gasteiger partial charge in [-0.2, -0.15) is 0 Å². The number of H-pyrrole nitrogens is 1. The van der Waals surface area contributed by atoms with E-state index in [2.05, 4.69) is 16.9 Å². The van der Waals surface area contributed by atoms with Gasteiger partial charge in [0, 0.05) is 24.7 Å². The summed E-state index contributed by atoms with van der Waals surface area (Å²) in [6.45, 7) is 2.60. The molecule has 0 spiro atoms. The molecule has 28 heavy (non-hydrogen) atoms. The van der Waals surface area contributed by atoms with Crippen LogP contribution in [0.5, 0.6) is 0 Å². The maximum Gasteiger partial charge on any atom is 0.329 e. The van der Waals surface area contributed by atoms with Crippen molar-refractivity contribution >= 4 is 16.8 Å². The van der Waals surface area contributed by atoms with Crippen LogP contribution in [0.25, 0.3) is 11.0 Å². The first-order valence-electron chi connectivity index (χ1n) is 9.83. The molecule has 2 aromatic heterocycles. The standard InChI is InChI=1S/C22H23N3O3/c1-2-3-7-10-25-20-19(21(27)24-22(25)28)16-11-15(14-8-5-4-6-9-14)12-18(26)17(16)13-23-20/h4-6,8-9,13,15H,2-3,7,10-12H2,1H3,(H,24,27,28)/t15-/m0/s1. The molecule has 1 atom stereocenters. The number of carbonyl (C=O) groups excluding carboxylic acids is 1. The molecule has 3 aromatic rings. The van der Waals surface area contributed by atoms with Crippen molar-refractivity contribution in [3.63, 3.8) is 0 Å². The first-order chi connectivity index (χ1) is 13.6. The van der Waals surface area contributed by atoms with Crippen LogP contribution in [0.1, 0.15) is 60.0 Å². The number of Topliss-reactive ketones (excluding diaryl/α,β-unsaturated/α-hetero) is 1. The SMILES string of the molecule is CCCCCn1c(=O)[nH]c(=O)c2c3c(cnc21)C(=O)C[C@@H](c1ccccc1)C3. The van der Waals surface area contributed by atoms with Crippen molar-refractivity contribution in [2.75, 3.05) is 0 Å². The Hall–Kier alpha value is -3.02. The molecule has 0 saturated carbocycles. The Morgan fingerprint density at radius 2 is 1.89 bits per heavy atom.